The number of fused-ring (bicyclic) bond motifs is 1. The summed E-state index contributed by atoms with van der Waals surface area (Å²) in [5.41, 5.74) is 0.570. The molecule has 0 spiro atoms. The topological polar surface area (TPSA) is 92.8 Å². The summed E-state index contributed by atoms with van der Waals surface area (Å²) < 4.78 is 5.21. The van der Waals surface area contributed by atoms with Crippen LogP contribution in [-0.4, -0.2) is 47.3 Å². The molecule has 3 rings (SSSR count). The van der Waals surface area contributed by atoms with Crippen molar-refractivity contribution < 1.29 is 23.9 Å². The van der Waals surface area contributed by atoms with Gasteiger partial charge in [-0.2, -0.15) is 0 Å². The van der Waals surface area contributed by atoms with Gasteiger partial charge in [-0.3, -0.25) is 19.3 Å². The van der Waals surface area contributed by atoms with Gasteiger partial charge in [-0.1, -0.05) is 45.2 Å². The first-order valence-electron chi connectivity index (χ1n) is 9.87. The molecule has 2 atom stereocenters. The molecule has 0 aromatic heterocycles. The first-order chi connectivity index (χ1) is 13.4. The van der Waals surface area contributed by atoms with E-state index in [1.165, 1.54) is 0 Å². The number of amides is 3. The second kappa shape index (κ2) is 8.54. The van der Waals surface area contributed by atoms with E-state index in [0.717, 1.165) is 30.6 Å². The van der Waals surface area contributed by atoms with Crippen LogP contribution in [-0.2, 0) is 14.3 Å². The van der Waals surface area contributed by atoms with E-state index in [1.807, 2.05) is 6.92 Å². The van der Waals surface area contributed by atoms with Gasteiger partial charge in [-0.05, 0) is 30.9 Å². The molecule has 3 amide bonds. The van der Waals surface area contributed by atoms with Gasteiger partial charge in [0.25, 0.3) is 17.7 Å². The van der Waals surface area contributed by atoms with Crippen molar-refractivity contribution in [2.75, 3.05) is 6.61 Å². The Labute approximate surface area is 164 Å². The number of esters is 1. The minimum Gasteiger partial charge on any atom is -0.454 e. The molecule has 150 valence electrons. The molecular formula is C21H26N2O5. The smallest absolute Gasteiger partial charge is 0.330 e. The van der Waals surface area contributed by atoms with E-state index in [4.69, 9.17) is 4.74 Å². The van der Waals surface area contributed by atoms with Crippen LogP contribution in [0, 0.1) is 5.92 Å². The van der Waals surface area contributed by atoms with Crippen LogP contribution in [0.15, 0.2) is 24.3 Å². The highest BCUT2D eigenvalue weighted by Crippen LogP contribution is 2.28. The van der Waals surface area contributed by atoms with Gasteiger partial charge in [0, 0.05) is 6.04 Å². The summed E-state index contributed by atoms with van der Waals surface area (Å²) in [6.45, 7) is 3.25. The molecule has 7 heteroatoms. The summed E-state index contributed by atoms with van der Waals surface area (Å²) in [7, 11) is 0. The van der Waals surface area contributed by atoms with Gasteiger partial charge < -0.3 is 10.1 Å². The van der Waals surface area contributed by atoms with Crippen LogP contribution in [0.5, 0.6) is 0 Å². The third-order valence-corrected chi connectivity index (χ3v) is 5.59. The zero-order valence-electron chi connectivity index (χ0n) is 16.3. The molecule has 7 nitrogen and oxygen atoms in total. The van der Waals surface area contributed by atoms with Gasteiger partial charge >= 0.3 is 5.97 Å². The number of hydrogen-bond acceptors (Lipinski definition) is 5. The van der Waals surface area contributed by atoms with Crippen LogP contribution in [0.2, 0.25) is 0 Å². The fourth-order valence-electron chi connectivity index (χ4n) is 3.84. The standard InChI is InChI=1S/C21H26N2O5/c1-3-13(2)18(21(27)28-12-17(24)22-14-8-4-5-9-14)23-19(25)15-10-6-7-11-16(15)20(23)26/h6-7,10-11,13-14,18H,3-5,8-9,12H2,1-2H3,(H,22,24)/t13-,18-/m0/s1. The van der Waals surface area contributed by atoms with Crippen LogP contribution in [0.25, 0.3) is 0 Å². The van der Waals surface area contributed by atoms with Crippen molar-refractivity contribution in [2.45, 2.75) is 58.0 Å². The first-order valence-corrected chi connectivity index (χ1v) is 9.87. The zero-order chi connectivity index (χ0) is 20.3. The minimum absolute atomic E-state index is 0.132. The molecule has 2 aliphatic rings. The predicted molar refractivity (Wildman–Crippen MR) is 102 cm³/mol. The van der Waals surface area contributed by atoms with E-state index in [0.29, 0.717) is 6.42 Å². The Morgan fingerprint density at radius 2 is 1.71 bits per heavy atom. The van der Waals surface area contributed by atoms with E-state index in [1.54, 1.807) is 31.2 Å². The lowest BCUT2D eigenvalue weighted by Gasteiger charge is -2.28. The second-order valence-electron chi connectivity index (χ2n) is 7.51. The van der Waals surface area contributed by atoms with E-state index in [9.17, 15) is 19.2 Å². The molecule has 1 saturated carbocycles. The van der Waals surface area contributed by atoms with Crippen molar-refractivity contribution in [2.24, 2.45) is 5.92 Å². The van der Waals surface area contributed by atoms with Crippen molar-refractivity contribution in [3.8, 4) is 0 Å². The Morgan fingerprint density at radius 3 is 2.25 bits per heavy atom. The van der Waals surface area contributed by atoms with E-state index >= 15 is 0 Å². The third-order valence-electron chi connectivity index (χ3n) is 5.59. The number of nitrogens with one attached hydrogen (secondary N) is 1. The predicted octanol–water partition coefficient (Wildman–Crippen LogP) is 2.30. The zero-order valence-corrected chi connectivity index (χ0v) is 16.3. The molecule has 0 radical (unpaired) electrons. The number of carbonyl (C=O) groups is 4. The number of ether oxygens (including phenoxy) is 1. The van der Waals surface area contributed by atoms with Gasteiger partial charge in [0.1, 0.15) is 6.04 Å². The van der Waals surface area contributed by atoms with E-state index in [2.05, 4.69) is 5.32 Å². The highest BCUT2D eigenvalue weighted by molar-refractivity contribution is 6.22. The second-order valence-corrected chi connectivity index (χ2v) is 7.51. The SMILES string of the molecule is CC[C@H](C)[C@@H](C(=O)OCC(=O)NC1CCCC1)N1C(=O)c2ccccc2C1=O. The Hall–Kier alpha value is -2.70. The number of benzene rings is 1. The molecule has 1 N–H and O–H groups in total. The lowest BCUT2D eigenvalue weighted by molar-refractivity contribution is -0.154. The summed E-state index contributed by atoms with van der Waals surface area (Å²) in [6, 6.07) is 5.58. The van der Waals surface area contributed by atoms with Gasteiger partial charge in [0.15, 0.2) is 6.61 Å². The lowest BCUT2D eigenvalue weighted by atomic mass is 9.97. The molecule has 1 heterocycles. The van der Waals surface area contributed by atoms with Crippen LogP contribution < -0.4 is 5.32 Å². The van der Waals surface area contributed by atoms with Crippen molar-refractivity contribution in [1.29, 1.82) is 0 Å². The van der Waals surface area contributed by atoms with Gasteiger partial charge in [0.2, 0.25) is 0 Å². The average Bonchev–Trinajstić information content (AvgIpc) is 3.29. The van der Waals surface area contributed by atoms with Crippen molar-refractivity contribution >= 4 is 23.7 Å². The number of rotatable bonds is 7. The molecular weight excluding hydrogens is 360 g/mol. The Balaban J connectivity index is 1.70. The maximum absolute atomic E-state index is 12.8. The minimum atomic E-state index is -1.06. The average molecular weight is 386 g/mol. The van der Waals surface area contributed by atoms with Crippen LogP contribution in [0.1, 0.15) is 66.7 Å². The largest absolute Gasteiger partial charge is 0.454 e. The summed E-state index contributed by atoms with van der Waals surface area (Å²) in [5.74, 6) is -2.39. The Morgan fingerprint density at radius 1 is 1.14 bits per heavy atom. The van der Waals surface area contributed by atoms with Gasteiger partial charge in [0.05, 0.1) is 11.1 Å². The highest BCUT2D eigenvalue weighted by Gasteiger charge is 2.45. The first kappa shape index (κ1) is 20.0. The molecule has 0 unspecified atom stereocenters. The Bertz CT molecular complexity index is 750. The number of imide groups is 1. The third kappa shape index (κ3) is 3.93. The van der Waals surface area contributed by atoms with Gasteiger partial charge in [-0.15, -0.1) is 0 Å². The summed E-state index contributed by atoms with van der Waals surface area (Å²) in [4.78, 5) is 51.3. The quantitative estimate of drug-likeness (QED) is 0.573. The van der Waals surface area contributed by atoms with Gasteiger partial charge in [-0.25, -0.2) is 4.79 Å². The normalized spacial score (nSPS) is 18.7. The molecule has 0 bridgehead atoms. The van der Waals surface area contributed by atoms with Crippen molar-refractivity contribution in [3.63, 3.8) is 0 Å². The summed E-state index contributed by atoms with van der Waals surface area (Å²) >= 11 is 0. The van der Waals surface area contributed by atoms with Crippen molar-refractivity contribution in [1.82, 2.24) is 10.2 Å². The molecule has 1 aliphatic carbocycles. The fraction of sp³-hybridized carbons (Fsp3) is 0.524. The maximum atomic E-state index is 12.8. The summed E-state index contributed by atoms with van der Waals surface area (Å²) in [5, 5.41) is 2.85. The van der Waals surface area contributed by atoms with E-state index in [-0.39, 0.29) is 29.0 Å². The lowest BCUT2D eigenvalue weighted by Crippen LogP contribution is -2.50. The number of hydrogen-bond donors (Lipinski definition) is 1. The van der Waals surface area contributed by atoms with Crippen LogP contribution >= 0.6 is 0 Å². The molecule has 1 aromatic carbocycles. The molecule has 1 fully saturated rings. The number of nitrogens with zero attached hydrogens (tertiary/aromatic N) is 1. The van der Waals surface area contributed by atoms with Crippen LogP contribution in [0.3, 0.4) is 0 Å². The molecule has 1 aromatic rings. The van der Waals surface area contributed by atoms with Crippen molar-refractivity contribution in [3.05, 3.63) is 35.4 Å². The highest BCUT2D eigenvalue weighted by atomic mass is 16.5. The molecule has 28 heavy (non-hydrogen) atoms. The fourth-order valence-corrected chi connectivity index (χ4v) is 3.84. The molecule has 0 saturated heterocycles. The summed E-state index contributed by atoms with van der Waals surface area (Å²) in [6.07, 6.45) is 4.61. The van der Waals surface area contributed by atoms with Crippen LogP contribution in [0.4, 0.5) is 0 Å². The Kier molecular flexibility index (Phi) is 6.11. The molecule has 1 aliphatic heterocycles. The van der Waals surface area contributed by atoms with E-state index < -0.39 is 30.4 Å². The number of carbonyl (C=O) groups excluding carboxylic acids is 4. The maximum Gasteiger partial charge on any atom is 0.330 e. The monoisotopic (exact) mass is 386 g/mol.